The number of benzene rings is 1. The summed E-state index contributed by atoms with van der Waals surface area (Å²) in [5, 5.41) is 0. The summed E-state index contributed by atoms with van der Waals surface area (Å²) in [6, 6.07) is 6.30. The Hall–Kier alpha value is -1.99. The second-order valence-electron chi connectivity index (χ2n) is 6.13. The number of sulfonamides is 1. The predicted molar refractivity (Wildman–Crippen MR) is 98.9 cm³/mol. The maximum absolute atomic E-state index is 12.4. The summed E-state index contributed by atoms with van der Waals surface area (Å²) in [6.07, 6.45) is 4.95. The predicted octanol–water partition coefficient (Wildman–Crippen LogP) is 2.79. The van der Waals surface area contributed by atoms with Crippen LogP contribution in [0.3, 0.4) is 0 Å². The van der Waals surface area contributed by atoms with Gasteiger partial charge in [-0.2, -0.15) is 4.31 Å². The van der Waals surface area contributed by atoms with Gasteiger partial charge in [-0.25, -0.2) is 13.2 Å². The molecule has 1 fully saturated rings. The van der Waals surface area contributed by atoms with Gasteiger partial charge < -0.3 is 4.74 Å². The van der Waals surface area contributed by atoms with E-state index in [-0.39, 0.29) is 10.7 Å². The van der Waals surface area contributed by atoms with Crippen molar-refractivity contribution < 1.29 is 22.7 Å². The molecule has 1 aromatic rings. The number of hydrogen-bond donors (Lipinski definition) is 0. The Kier molecular flexibility index (Phi) is 7.11. The number of hydrogen-bond acceptors (Lipinski definition) is 5. The normalized spacial score (nSPS) is 18.4. The van der Waals surface area contributed by atoms with Crippen LogP contribution in [0.1, 0.15) is 45.1 Å². The van der Waals surface area contributed by atoms with Crippen LogP contribution in [-0.2, 0) is 24.3 Å². The van der Waals surface area contributed by atoms with Crippen LogP contribution >= 0.6 is 0 Å². The summed E-state index contributed by atoms with van der Waals surface area (Å²) in [6.45, 7) is 4.40. The van der Waals surface area contributed by atoms with E-state index in [0.29, 0.717) is 31.5 Å². The third kappa shape index (κ3) is 5.02. The third-order valence-corrected chi connectivity index (χ3v) is 6.46. The molecule has 0 saturated heterocycles. The Morgan fingerprint density at radius 1 is 1.19 bits per heavy atom. The van der Waals surface area contributed by atoms with Gasteiger partial charge >= 0.3 is 5.97 Å². The lowest BCUT2D eigenvalue weighted by Crippen LogP contribution is -2.30. The van der Waals surface area contributed by atoms with Crippen molar-refractivity contribution in [3.05, 3.63) is 35.9 Å². The molecule has 0 amide bonds. The highest BCUT2D eigenvalue weighted by Gasteiger charge is 2.25. The fourth-order valence-corrected chi connectivity index (χ4v) is 4.34. The van der Waals surface area contributed by atoms with Crippen LogP contribution in [0.5, 0.6) is 0 Å². The van der Waals surface area contributed by atoms with Crippen molar-refractivity contribution in [2.24, 2.45) is 0 Å². The monoisotopic (exact) mass is 379 g/mol. The lowest BCUT2D eigenvalue weighted by molar-refractivity contribution is -0.152. The van der Waals surface area contributed by atoms with E-state index in [1.54, 1.807) is 32.1 Å². The van der Waals surface area contributed by atoms with Gasteiger partial charge in [0, 0.05) is 25.6 Å². The standard InChI is InChI=1S/C19H25NO5S/c1-3-20(4-2)26(23,24)16-12-9-15(10-13-16)11-14-19(22)25-18-8-6-5-7-17(18)21/h9-14,18H,3-8H2,1-2H3/b14-11+/t18-/m0/s1. The molecule has 0 spiro atoms. The van der Waals surface area contributed by atoms with Crippen LogP contribution in [0.25, 0.3) is 6.08 Å². The first kappa shape index (κ1) is 20.3. The average Bonchev–Trinajstić information content (AvgIpc) is 2.63. The Bertz CT molecular complexity index is 764. The fourth-order valence-electron chi connectivity index (χ4n) is 2.88. The molecule has 0 bridgehead atoms. The van der Waals surface area contributed by atoms with Crippen molar-refractivity contribution in [3.8, 4) is 0 Å². The summed E-state index contributed by atoms with van der Waals surface area (Å²) in [5.41, 5.74) is 0.676. The second kappa shape index (κ2) is 9.09. The zero-order chi connectivity index (χ0) is 19.2. The molecule has 1 aliphatic rings. The van der Waals surface area contributed by atoms with Crippen LogP contribution in [0, 0.1) is 0 Å². The lowest BCUT2D eigenvalue weighted by atomic mass is 9.96. The zero-order valence-corrected chi connectivity index (χ0v) is 16.0. The molecule has 2 rings (SSSR count). The van der Waals surface area contributed by atoms with Crippen molar-refractivity contribution in [3.63, 3.8) is 0 Å². The van der Waals surface area contributed by atoms with E-state index in [2.05, 4.69) is 0 Å². The first-order valence-corrected chi connectivity index (χ1v) is 10.3. The minimum absolute atomic E-state index is 0.0241. The molecule has 6 nitrogen and oxygen atoms in total. The number of carbonyl (C=O) groups is 2. The van der Waals surface area contributed by atoms with Gasteiger partial charge in [0.1, 0.15) is 0 Å². The second-order valence-corrected chi connectivity index (χ2v) is 8.07. The molecule has 1 atom stereocenters. The number of carbonyl (C=O) groups excluding carboxylic acids is 2. The van der Waals surface area contributed by atoms with Crippen LogP contribution in [0.15, 0.2) is 35.2 Å². The Morgan fingerprint density at radius 3 is 2.42 bits per heavy atom. The highest BCUT2D eigenvalue weighted by molar-refractivity contribution is 7.89. The molecule has 0 unspecified atom stereocenters. The van der Waals surface area contributed by atoms with Gasteiger partial charge in [-0.15, -0.1) is 0 Å². The Balaban J connectivity index is 2.01. The maximum atomic E-state index is 12.4. The molecule has 0 aromatic heterocycles. The molecule has 0 heterocycles. The summed E-state index contributed by atoms with van der Waals surface area (Å²) in [5.74, 6) is -0.589. The van der Waals surface area contributed by atoms with E-state index in [4.69, 9.17) is 4.74 Å². The van der Waals surface area contributed by atoms with Gasteiger partial charge in [-0.1, -0.05) is 26.0 Å². The largest absolute Gasteiger partial charge is 0.451 e. The number of Topliss-reactive ketones (excluding diaryl/α,β-unsaturated/α-hetero) is 1. The maximum Gasteiger partial charge on any atom is 0.331 e. The smallest absolute Gasteiger partial charge is 0.331 e. The molecular formula is C19H25NO5S. The minimum atomic E-state index is -3.49. The average molecular weight is 379 g/mol. The molecule has 0 aliphatic heterocycles. The van der Waals surface area contributed by atoms with Crippen LogP contribution < -0.4 is 0 Å². The van der Waals surface area contributed by atoms with E-state index < -0.39 is 22.1 Å². The first-order valence-electron chi connectivity index (χ1n) is 8.90. The van der Waals surface area contributed by atoms with Crippen molar-refractivity contribution in [1.29, 1.82) is 0 Å². The van der Waals surface area contributed by atoms with E-state index in [1.165, 1.54) is 22.5 Å². The molecule has 142 valence electrons. The van der Waals surface area contributed by atoms with Crippen LogP contribution in [0.2, 0.25) is 0 Å². The van der Waals surface area contributed by atoms with Crippen molar-refractivity contribution in [2.75, 3.05) is 13.1 Å². The van der Waals surface area contributed by atoms with Gasteiger partial charge in [-0.3, -0.25) is 4.79 Å². The number of ether oxygens (including phenoxy) is 1. The molecule has 1 aliphatic carbocycles. The summed E-state index contributed by atoms with van der Waals surface area (Å²) < 4.78 is 31.4. The first-order chi connectivity index (χ1) is 12.4. The Morgan fingerprint density at radius 2 is 1.85 bits per heavy atom. The summed E-state index contributed by atoms with van der Waals surface area (Å²) in [4.78, 5) is 23.8. The summed E-state index contributed by atoms with van der Waals surface area (Å²) >= 11 is 0. The molecule has 1 aromatic carbocycles. The molecule has 26 heavy (non-hydrogen) atoms. The fraction of sp³-hybridized carbons (Fsp3) is 0.474. The van der Waals surface area contributed by atoms with E-state index in [1.807, 2.05) is 0 Å². The number of rotatable bonds is 7. The van der Waals surface area contributed by atoms with Crippen LogP contribution in [0.4, 0.5) is 0 Å². The SMILES string of the molecule is CCN(CC)S(=O)(=O)c1ccc(/C=C/C(=O)O[C@H]2CCCCC2=O)cc1. The zero-order valence-electron chi connectivity index (χ0n) is 15.2. The van der Waals surface area contributed by atoms with E-state index in [0.717, 1.165) is 12.8 Å². The minimum Gasteiger partial charge on any atom is -0.451 e. The third-order valence-electron chi connectivity index (χ3n) is 4.39. The number of nitrogens with zero attached hydrogens (tertiary/aromatic N) is 1. The number of esters is 1. The molecule has 1 saturated carbocycles. The van der Waals surface area contributed by atoms with Gasteiger partial charge in [0.2, 0.25) is 10.0 Å². The molecule has 0 radical (unpaired) electrons. The van der Waals surface area contributed by atoms with E-state index in [9.17, 15) is 18.0 Å². The van der Waals surface area contributed by atoms with Gasteiger partial charge in [0.25, 0.3) is 0 Å². The number of ketones is 1. The van der Waals surface area contributed by atoms with Gasteiger partial charge in [-0.05, 0) is 43.0 Å². The highest BCUT2D eigenvalue weighted by Crippen LogP contribution is 2.19. The van der Waals surface area contributed by atoms with Crippen molar-refractivity contribution in [2.45, 2.75) is 50.5 Å². The van der Waals surface area contributed by atoms with Crippen molar-refractivity contribution >= 4 is 27.9 Å². The summed E-state index contributed by atoms with van der Waals surface area (Å²) in [7, 11) is -3.49. The van der Waals surface area contributed by atoms with Gasteiger partial charge in [0.05, 0.1) is 4.90 Å². The molecule has 0 N–H and O–H groups in total. The highest BCUT2D eigenvalue weighted by atomic mass is 32.2. The van der Waals surface area contributed by atoms with Crippen molar-refractivity contribution in [1.82, 2.24) is 4.31 Å². The molecule has 7 heteroatoms. The van der Waals surface area contributed by atoms with Crippen LogP contribution in [-0.4, -0.2) is 43.7 Å². The van der Waals surface area contributed by atoms with Gasteiger partial charge in [0.15, 0.2) is 11.9 Å². The van der Waals surface area contributed by atoms with E-state index >= 15 is 0 Å². The molecular weight excluding hydrogens is 354 g/mol. The quantitative estimate of drug-likeness (QED) is 0.537. The topological polar surface area (TPSA) is 80.8 Å². The lowest BCUT2D eigenvalue weighted by Gasteiger charge is -2.19. The Labute approximate surface area is 154 Å².